The summed E-state index contributed by atoms with van der Waals surface area (Å²) in [5.41, 5.74) is -0.360. The molecule has 1 aliphatic heterocycles. The van der Waals surface area contributed by atoms with E-state index < -0.39 is 24.3 Å². The second-order valence-electron chi connectivity index (χ2n) is 6.97. The van der Waals surface area contributed by atoms with E-state index in [-0.39, 0.29) is 16.3 Å². The van der Waals surface area contributed by atoms with Crippen LogP contribution in [0.2, 0.25) is 5.02 Å². The number of carbonyl (C=O) groups is 1. The molecule has 132 valence electrons. The van der Waals surface area contributed by atoms with Gasteiger partial charge < -0.3 is 19.2 Å². The predicted octanol–water partition coefficient (Wildman–Crippen LogP) is 3.52. The van der Waals surface area contributed by atoms with Gasteiger partial charge in [0, 0.05) is 0 Å². The largest absolute Gasteiger partial charge is 0.495 e. The van der Waals surface area contributed by atoms with Gasteiger partial charge in [0.1, 0.15) is 11.3 Å². The van der Waals surface area contributed by atoms with Gasteiger partial charge in [-0.15, -0.1) is 0 Å². The van der Waals surface area contributed by atoms with Crippen molar-refractivity contribution in [1.29, 1.82) is 0 Å². The molecule has 1 aromatic rings. The van der Waals surface area contributed by atoms with Gasteiger partial charge in [0.15, 0.2) is 0 Å². The van der Waals surface area contributed by atoms with Crippen molar-refractivity contribution in [2.75, 3.05) is 6.61 Å². The van der Waals surface area contributed by atoms with Gasteiger partial charge in [-0.2, -0.15) is 0 Å². The second-order valence-corrected chi connectivity index (χ2v) is 7.38. The molecule has 24 heavy (non-hydrogen) atoms. The molecule has 0 spiro atoms. The lowest BCUT2D eigenvalue weighted by molar-refractivity contribution is 0.00578. The summed E-state index contributed by atoms with van der Waals surface area (Å²) >= 11 is 6.19. The van der Waals surface area contributed by atoms with E-state index in [1.807, 2.05) is 34.6 Å². The Hall–Kier alpha value is -1.24. The molecule has 0 atom stereocenters. The molecule has 2 rings (SSSR count). The fraction of sp³-hybridized carbons (Fsp3) is 0.588. The number of benzene rings is 1. The third-order valence-corrected chi connectivity index (χ3v) is 4.87. The molecule has 1 fully saturated rings. The maximum Gasteiger partial charge on any atom is 0.495 e. The number of hydrogen-bond acceptors (Lipinski definition) is 4. The van der Waals surface area contributed by atoms with Crippen LogP contribution in [-0.2, 0) is 9.31 Å². The van der Waals surface area contributed by atoms with Gasteiger partial charge in [-0.1, -0.05) is 24.9 Å². The van der Waals surface area contributed by atoms with Gasteiger partial charge in [0.2, 0.25) is 0 Å². The number of rotatable bonds is 6. The topological polar surface area (TPSA) is 65.0 Å². The first-order valence-electron chi connectivity index (χ1n) is 8.14. The van der Waals surface area contributed by atoms with Crippen molar-refractivity contribution in [1.82, 2.24) is 0 Å². The summed E-state index contributed by atoms with van der Waals surface area (Å²) in [4.78, 5) is 11.5. The summed E-state index contributed by atoms with van der Waals surface area (Å²) in [6.45, 7) is 10.3. The fourth-order valence-electron chi connectivity index (χ4n) is 2.36. The smallest absolute Gasteiger partial charge is 0.493 e. The van der Waals surface area contributed by atoms with E-state index in [0.29, 0.717) is 12.1 Å². The van der Waals surface area contributed by atoms with Crippen LogP contribution in [0.15, 0.2) is 12.1 Å². The average molecular weight is 355 g/mol. The molecule has 1 N–H and O–H groups in total. The summed E-state index contributed by atoms with van der Waals surface area (Å²) in [7, 11) is -0.621. The number of ether oxygens (including phenoxy) is 1. The lowest BCUT2D eigenvalue weighted by Gasteiger charge is -2.32. The molecular weight excluding hydrogens is 330 g/mol. The molecule has 1 aromatic carbocycles. The fourth-order valence-corrected chi connectivity index (χ4v) is 2.66. The Kier molecular flexibility index (Phi) is 5.52. The van der Waals surface area contributed by atoms with Gasteiger partial charge in [-0.3, -0.25) is 0 Å². The Balaban J connectivity index is 2.37. The third-order valence-electron chi connectivity index (χ3n) is 4.57. The highest BCUT2D eigenvalue weighted by atomic mass is 35.5. The minimum absolute atomic E-state index is 0.0342. The molecule has 0 radical (unpaired) electrons. The Morgan fingerprint density at radius 2 is 1.83 bits per heavy atom. The third kappa shape index (κ3) is 3.71. The van der Waals surface area contributed by atoms with Crippen LogP contribution < -0.4 is 10.2 Å². The number of aromatic carboxylic acids is 1. The zero-order valence-electron chi connectivity index (χ0n) is 14.8. The summed E-state index contributed by atoms with van der Waals surface area (Å²) in [6.07, 6.45) is 1.78. The number of carboxylic acids is 1. The summed E-state index contributed by atoms with van der Waals surface area (Å²) in [5, 5.41) is 9.51. The lowest BCUT2D eigenvalue weighted by atomic mass is 9.78. The van der Waals surface area contributed by atoms with Gasteiger partial charge in [0.05, 0.1) is 22.8 Å². The normalized spacial score (nSPS) is 18.7. The number of carboxylic acid groups (broad SMARTS) is 1. The van der Waals surface area contributed by atoms with E-state index in [0.717, 1.165) is 12.8 Å². The Morgan fingerprint density at radius 3 is 2.33 bits per heavy atom. The highest BCUT2D eigenvalue weighted by Gasteiger charge is 2.52. The van der Waals surface area contributed by atoms with Crippen LogP contribution in [0.25, 0.3) is 0 Å². The maximum absolute atomic E-state index is 11.5. The first-order valence-corrected chi connectivity index (χ1v) is 8.52. The molecule has 0 aromatic heterocycles. The van der Waals surface area contributed by atoms with E-state index in [1.54, 1.807) is 12.1 Å². The minimum atomic E-state index is -1.12. The first-order chi connectivity index (χ1) is 11.1. The van der Waals surface area contributed by atoms with Crippen LogP contribution in [0, 0.1) is 0 Å². The van der Waals surface area contributed by atoms with Crippen molar-refractivity contribution in [3.63, 3.8) is 0 Å². The molecule has 0 aliphatic carbocycles. The molecule has 1 saturated heterocycles. The zero-order chi connectivity index (χ0) is 18.1. The first kappa shape index (κ1) is 19.1. The van der Waals surface area contributed by atoms with Crippen LogP contribution in [0.4, 0.5) is 0 Å². The number of halogens is 1. The van der Waals surface area contributed by atoms with Crippen molar-refractivity contribution in [2.45, 2.75) is 58.7 Å². The molecule has 0 amide bonds. The van der Waals surface area contributed by atoms with Gasteiger partial charge in [-0.25, -0.2) is 4.79 Å². The molecule has 0 bridgehead atoms. The van der Waals surface area contributed by atoms with Crippen LogP contribution >= 0.6 is 11.6 Å². The van der Waals surface area contributed by atoms with Crippen LogP contribution in [0.3, 0.4) is 0 Å². The number of unbranched alkanes of at least 4 members (excludes halogenated alkanes) is 1. The van der Waals surface area contributed by atoms with E-state index in [4.69, 9.17) is 25.6 Å². The quantitative estimate of drug-likeness (QED) is 0.625. The number of hydrogen-bond donors (Lipinski definition) is 1. The average Bonchev–Trinajstić information content (AvgIpc) is 2.66. The van der Waals surface area contributed by atoms with Crippen molar-refractivity contribution in [3.05, 3.63) is 22.7 Å². The van der Waals surface area contributed by atoms with Gasteiger partial charge in [0.25, 0.3) is 0 Å². The predicted molar refractivity (Wildman–Crippen MR) is 94.5 cm³/mol. The monoisotopic (exact) mass is 354 g/mol. The molecule has 5 nitrogen and oxygen atoms in total. The SMILES string of the molecule is CCCCOc1cc(B2OC(C)(C)C(C)(C)O2)cc(Cl)c1C(=O)O. The summed E-state index contributed by atoms with van der Waals surface area (Å²) < 4.78 is 17.7. The molecule has 1 heterocycles. The maximum atomic E-state index is 11.5. The standard InChI is InChI=1S/C17H24BClO5/c1-6-7-8-22-13-10-11(9-12(19)14(13)15(20)21)18-23-16(2,3)17(4,5)24-18/h9-10H,6-8H2,1-5H3,(H,20,21). The van der Waals surface area contributed by atoms with Crippen LogP contribution in [0.1, 0.15) is 57.8 Å². The highest BCUT2D eigenvalue weighted by molar-refractivity contribution is 6.62. The Bertz CT molecular complexity index is 614. The summed E-state index contributed by atoms with van der Waals surface area (Å²) in [6, 6.07) is 3.22. The summed E-state index contributed by atoms with van der Waals surface area (Å²) in [5.74, 6) is -0.875. The van der Waals surface area contributed by atoms with Crippen molar-refractivity contribution < 1.29 is 23.9 Å². The molecular formula is C17H24BClO5. The van der Waals surface area contributed by atoms with E-state index in [1.165, 1.54) is 0 Å². The second kappa shape index (κ2) is 6.94. The Morgan fingerprint density at radius 1 is 1.25 bits per heavy atom. The van der Waals surface area contributed by atoms with Gasteiger partial charge in [-0.05, 0) is 51.7 Å². The minimum Gasteiger partial charge on any atom is -0.493 e. The van der Waals surface area contributed by atoms with E-state index >= 15 is 0 Å². The van der Waals surface area contributed by atoms with Crippen LogP contribution in [0.5, 0.6) is 5.75 Å². The molecule has 7 heteroatoms. The zero-order valence-corrected chi connectivity index (χ0v) is 15.6. The van der Waals surface area contributed by atoms with Crippen LogP contribution in [-0.4, -0.2) is 36.0 Å². The van der Waals surface area contributed by atoms with Crippen molar-refractivity contribution >= 4 is 30.2 Å². The Labute approximate surface area is 148 Å². The highest BCUT2D eigenvalue weighted by Crippen LogP contribution is 2.37. The van der Waals surface area contributed by atoms with Crippen molar-refractivity contribution in [2.24, 2.45) is 0 Å². The lowest BCUT2D eigenvalue weighted by Crippen LogP contribution is -2.41. The van der Waals surface area contributed by atoms with E-state index in [9.17, 15) is 9.90 Å². The molecule has 0 unspecified atom stereocenters. The van der Waals surface area contributed by atoms with E-state index in [2.05, 4.69) is 0 Å². The molecule has 0 saturated carbocycles. The van der Waals surface area contributed by atoms with Crippen molar-refractivity contribution in [3.8, 4) is 5.75 Å². The van der Waals surface area contributed by atoms with Gasteiger partial charge >= 0.3 is 13.1 Å². The molecule has 1 aliphatic rings.